The maximum atomic E-state index is 13.2. The number of ether oxygens (including phenoxy) is 3. The van der Waals surface area contributed by atoms with Crippen LogP contribution in [0.15, 0.2) is 54.6 Å². The van der Waals surface area contributed by atoms with Crippen molar-refractivity contribution in [1.82, 2.24) is 10.6 Å². The number of hydrogen-bond donors (Lipinski definition) is 2. The summed E-state index contributed by atoms with van der Waals surface area (Å²) in [7, 11) is 1.35. The molecule has 0 aliphatic carbocycles. The number of esters is 1. The Bertz CT molecular complexity index is 848. The van der Waals surface area contributed by atoms with Crippen LogP contribution in [0.25, 0.3) is 0 Å². The van der Waals surface area contributed by atoms with Crippen molar-refractivity contribution < 1.29 is 23.8 Å². The Kier molecular flexibility index (Phi) is 8.03. The third-order valence-electron chi connectivity index (χ3n) is 5.54. The van der Waals surface area contributed by atoms with E-state index in [1.54, 1.807) is 12.1 Å². The van der Waals surface area contributed by atoms with Crippen LogP contribution in [-0.2, 0) is 14.3 Å². The predicted octanol–water partition coefficient (Wildman–Crippen LogP) is 2.87. The average molecular weight is 427 g/mol. The van der Waals surface area contributed by atoms with Gasteiger partial charge in [-0.25, -0.2) is 4.79 Å². The largest absolute Gasteiger partial charge is 0.492 e. The summed E-state index contributed by atoms with van der Waals surface area (Å²) in [5.41, 5.74) is 0.694. The van der Waals surface area contributed by atoms with Gasteiger partial charge in [0.05, 0.1) is 18.7 Å². The number of carbonyl (C=O) groups is 2. The van der Waals surface area contributed by atoms with Crippen molar-refractivity contribution in [2.45, 2.75) is 31.3 Å². The van der Waals surface area contributed by atoms with Crippen molar-refractivity contribution in [1.29, 1.82) is 0 Å². The van der Waals surface area contributed by atoms with E-state index in [0.717, 1.165) is 11.3 Å². The first kappa shape index (κ1) is 22.8. The molecule has 1 saturated heterocycles. The summed E-state index contributed by atoms with van der Waals surface area (Å²) in [4.78, 5) is 24.9. The highest BCUT2D eigenvalue weighted by Crippen LogP contribution is 2.23. The van der Waals surface area contributed by atoms with Crippen molar-refractivity contribution in [2.24, 2.45) is 0 Å². The van der Waals surface area contributed by atoms with Gasteiger partial charge in [0.1, 0.15) is 17.9 Å². The van der Waals surface area contributed by atoms with Crippen LogP contribution in [-0.4, -0.2) is 50.9 Å². The van der Waals surface area contributed by atoms with E-state index in [9.17, 15) is 9.59 Å². The highest BCUT2D eigenvalue weighted by atomic mass is 16.5. The third-order valence-corrected chi connectivity index (χ3v) is 5.54. The second kappa shape index (κ2) is 10.9. The molecule has 7 heteroatoms. The number of nitrogens with one attached hydrogen (secondary N) is 2. The summed E-state index contributed by atoms with van der Waals surface area (Å²) in [5.74, 6) is 0.366. The standard InChI is InChI=1S/C24H30N2O5/c1-18(19-8-10-20(11-9-19)22(27)29-2)26-23(28)24(12-15-30-16-13-24)25-14-17-31-21-6-4-3-5-7-21/h3-11,18,25H,12-17H2,1-2H3,(H,26,28)/t18-/m0/s1. The van der Waals surface area contributed by atoms with Crippen LogP contribution in [0, 0.1) is 0 Å². The van der Waals surface area contributed by atoms with Crippen LogP contribution in [0.5, 0.6) is 5.75 Å². The molecular weight excluding hydrogens is 396 g/mol. The number of amides is 1. The monoisotopic (exact) mass is 426 g/mol. The van der Waals surface area contributed by atoms with Gasteiger partial charge in [-0.3, -0.25) is 10.1 Å². The van der Waals surface area contributed by atoms with E-state index in [-0.39, 0.29) is 17.9 Å². The van der Waals surface area contributed by atoms with Crippen molar-refractivity contribution in [2.75, 3.05) is 33.5 Å². The number of carbonyl (C=O) groups excluding carboxylic acids is 2. The molecule has 2 aromatic carbocycles. The van der Waals surface area contributed by atoms with Gasteiger partial charge in [-0.15, -0.1) is 0 Å². The first-order chi connectivity index (χ1) is 15.0. The Balaban J connectivity index is 1.58. The zero-order valence-electron chi connectivity index (χ0n) is 18.1. The van der Waals surface area contributed by atoms with Gasteiger partial charge in [-0.05, 0) is 49.6 Å². The molecule has 166 valence electrons. The van der Waals surface area contributed by atoms with Gasteiger partial charge in [0.2, 0.25) is 5.91 Å². The molecule has 1 fully saturated rings. The number of para-hydroxylation sites is 1. The number of hydrogen-bond acceptors (Lipinski definition) is 6. The Hall–Kier alpha value is -2.90. The molecule has 1 atom stereocenters. The third kappa shape index (κ3) is 6.06. The fourth-order valence-corrected chi connectivity index (χ4v) is 3.62. The molecule has 31 heavy (non-hydrogen) atoms. The summed E-state index contributed by atoms with van der Waals surface area (Å²) in [6.45, 7) is 4.00. The van der Waals surface area contributed by atoms with E-state index in [2.05, 4.69) is 10.6 Å². The molecule has 2 N–H and O–H groups in total. The molecule has 0 aromatic heterocycles. The quantitative estimate of drug-likeness (QED) is 0.474. The summed E-state index contributed by atoms with van der Waals surface area (Å²) in [6.07, 6.45) is 1.19. The molecule has 1 aliphatic rings. The highest BCUT2D eigenvalue weighted by Gasteiger charge is 2.40. The van der Waals surface area contributed by atoms with Gasteiger partial charge in [0.15, 0.2) is 0 Å². The van der Waals surface area contributed by atoms with Crippen molar-refractivity contribution in [3.8, 4) is 5.75 Å². The van der Waals surface area contributed by atoms with Gasteiger partial charge in [0, 0.05) is 19.8 Å². The lowest BCUT2D eigenvalue weighted by Crippen LogP contribution is -2.60. The van der Waals surface area contributed by atoms with Crippen LogP contribution in [0.3, 0.4) is 0 Å². The molecular formula is C24H30N2O5. The molecule has 3 rings (SSSR count). The normalized spacial score (nSPS) is 16.2. The molecule has 1 heterocycles. The van der Waals surface area contributed by atoms with Crippen molar-refractivity contribution in [3.63, 3.8) is 0 Å². The first-order valence-corrected chi connectivity index (χ1v) is 10.5. The molecule has 0 unspecified atom stereocenters. The second-order valence-corrected chi connectivity index (χ2v) is 7.59. The van der Waals surface area contributed by atoms with E-state index in [4.69, 9.17) is 14.2 Å². The van der Waals surface area contributed by atoms with E-state index >= 15 is 0 Å². The van der Waals surface area contributed by atoms with Gasteiger partial charge in [-0.1, -0.05) is 30.3 Å². The van der Waals surface area contributed by atoms with Gasteiger partial charge in [0.25, 0.3) is 0 Å². The SMILES string of the molecule is COC(=O)c1ccc([C@H](C)NC(=O)C2(NCCOc3ccccc3)CCOCC2)cc1. The maximum Gasteiger partial charge on any atom is 0.337 e. The van der Waals surface area contributed by atoms with Crippen molar-refractivity contribution >= 4 is 11.9 Å². The minimum atomic E-state index is -0.696. The van der Waals surface area contributed by atoms with E-state index < -0.39 is 5.54 Å². The smallest absolute Gasteiger partial charge is 0.337 e. The fourth-order valence-electron chi connectivity index (χ4n) is 3.62. The van der Waals surface area contributed by atoms with Crippen LogP contribution in [0.1, 0.15) is 41.7 Å². The Morgan fingerprint density at radius 2 is 1.74 bits per heavy atom. The summed E-state index contributed by atoms with van der Waals surface area (Å²) < 4.78 is 16.0. The topological polar surface area (TPSA) is 85.9 Å². The number of methoxy groups -OCH3 is 1. The van der Waals surface area contributed by atoms with Crippen LogP contribution in [0.4, 0.5) is 0 Å². The molecule has 0 bridgehead atoms. The summed E-state index contributed by atoms with van der Waals surface area (Å²) in [6, 6.07) is 16.5. The predicted molar refractivity (Wildman–Crippen MR) is 117 cm³/mol. The Morgan fingerprint density at radius 1 is 1.06 bits per heavy atom. The highest BCUT2D eigenvalue weighted by molar-refractivity contribution is 5.89. The molecule has 1 aliphatic heterocycles. The summed E-state index contributed by atoms with van der Waals surface area (Å²) >= 11 is 0. The van der Waals surface area contributed by atoms with Crippen LogP contribution >= 0.6 is 0 Å². The molecule has 0 radical (unpaired) electrons. The maximum absolute atomic E-state index is 13.2. The van der Waals surface area contributed by atoms with Gasteiger partial charge >= 0.3 is 5.97 Å². The molecule has 2 aromatic rings. The average Bonchev–Trinajstić information content (AvgIpc) is 2.82. The van der Waals surface area contributed by atoms with E-state index in [0.29, 0.717) is 44.8 Å². The Labute approximate surface area is 183 Å². The fraction of sp³-hybridized carbons (Fsp3) is 0.417. The van der Waals surface area contributed by atoms with E-state index in [1.807, 2.05) is 49.4 Å². The zero-order chi connectivity index (χ0) is 22.1. The number of rotatable bonds is 9. The second-order valence-electron chi connectivity index (χ2n) is 7.59. The summed E-state index contributed by atoms with van der Waals surface area (Å²) in [5, 5.41) is 6.53. The van der Waals surface area contributed by atoms with Crippen LogP contribution in [0.2, 0.25) is 0 Å². The van der Waals surface area contributed by atoms with E-state index in [1.165, 1.54) is 7.11 Å². The van der Waals surface area contributed by atoms with Crippen molar-refractivity contribution in [3.05, 3.63) is 65.7 Å². The number of benzene rings is 2. The zero-order valence-corrected chi connectivity index (χ0v) is 18.1. The van der Waals surface area contributed by atoms with Gasteiger partial charge in [-0.2, -0.15) is 0 Å². The lowest BCUT2D eigenvalue weighted by molar-refractivity contribution is -0.132. The molecule has 1 amide bonds. The first-order valence-electron chi connectivity index (χ1n) is 10.5. The minimum Gasteiger partial charge on any atom is -0.492 e. The molecule has 0 saturated carbocycles. The molecule has 0 spiro atoms. The lowest BCUT2D eigenvalue weighted by Gasteiger charge is -2.37. The minimum absolute atomic E-state index is 0.0555. The molecule has 7 nitrogen and oxygen atoms in total. The Morgan fingerprint density at radius 3 is 2.39 bits per heavy atom. The van der Waals surface area contributed by atoms with Gasteiger partial charge < -0.3 is 19.5 Å². The van der Waals surface area contributed by atoms with Crippen LogP contribution < -0.4 is 15.4 Å². The lowest BCUT2D eigenvalue weighted by atomic mass is 9.88.